The average molecular weight is 425 g/mol. The van der Waals surface area contributed by atoms with Crippen molar-refractivity contribution in [2.75, 3.05) is 46.5 Å². The zero-order chi connectivity index (χ0) is 15.6. The normalized spacial score (nSPS) is 21.9. The molecule has 3 nitrogen and oxygen atoms in total. The van der Waals surface area contributed by atoms with Crippen molar-refractivity contribution in [3.05, 3.63) is 28.2 Å². The van der Waals surface area contributed by atoms with Gasteiger partial charge >= 0.3 is 0 Å². The van der Waals surface area contributed by atoms with Gasteiger partial charge in [-0.15, -0.1) is 0 Å². The lowest BCUT2D eigenvalue weighted by molar-refractivity contribution is -0.921. The second kappa shape index (κ2) is 7.92. The van der Waals surface area contributed by atoms with Crippen LogP contribution in [-0.2, 0) is 4.74 Å². The molecule has 0 radical (unpaired) electrons. The van der Waals surface area contributed by atoms with Crippen molar-refractivity contribution < 1.29 is 30.9 Å². The Morgan fingerprint density at radius 1 is 1.17 bits per heavy atom. The molecule has 0 spiro atoms. The first-order valence-electron chi connectivity index (χ1n) is 8.00. The number of hydrogen-bond donors (Lipinski definition) is 0. The molecule has 23 heavy (non-hydrogen) atoms. The van der Waals surface area contributed by atoms with E-state index in [2.05, 4.69) is 7.05 Å². The fourth-order valence-electron chi connectivity index (χ4n) is 3.68. The molecule has 0 aliphatic carbocycles. The van der Waals surface area contributed by atoms with Crippen LogP contribution >= 0.6 is 23.2 Å². The summed E-state index contributed by atoms with van der Waals surface area (Å²) in [5.74, 6) is 0.707. The van der Waals surface area contributed by atoms with E-state index in [0.29, 0.717) is 22.4 Å². The molecule has 2 saturated heterocycles. The number of likely N-dealkylation sites (tertiary alicyclic amines) is 1. The van der Waals surface area contributed by atoms with E-state index in [9.17, 15) is 0 Å². The summed E-state index contributed by atoms with van der Waals surface area (Å²) >= 11 is 12.1. The number of rotatable bonds is 5. The van der Waals surface area contributed by atoms with Crippen LogP contribution < -0.4 is 21.7 Å². The fourth-order valence-corrected chi connectivity index (χ4v) is 4.14. The molecule has 0 aromatic heterocycles. The lowest BCUT2D eigenvalue weighted by Crippen LogP contribution is -3.00. The fraction of sp³-hybridized carbons (Fsp3) is 0.647. The Labute approximate surface area is 159 Å². The average Bonchev–Trinajstić information content (AvgIpc) is 2.44. The molecule has 1 aromatic rings. The molecule has 2 fully saturated rings. The van der Waals surface area contributed by atoms with Gasteiger partial charge in [-0.3, -0.25) is 0 Å². The predicted molar refractivity (Wildman–Crippen MR) is 89.8 cm³/mol. The molecular formula is C17H24BrCl2NO2. The van der Waals surface area contributed by atoms with Crippen molar-refractivity contribution in [2.24, 2.45) is 5.41 Å². The molecule has 0 unspecified atom stereocenters. The first-order valence-corrected chi connectivity index (χ1v) is 8.75. The summed E-state index contributed by atoms with van der Waals surface area (Å²) in [6.45, 7) is 5.88. The first kappa shape index (κ1) is 19.3. The minimum absolute atomic E-state index is 0. The molecule has 0 atom stereocenters. The number of piperidine rings is 1. The van der Waals surface area contributed by atoms with E-state index in [0.717, 1.165) is 24.2 Å². The van der Waals surface area contributed by atoms with Crippen LogP contribution in [0.1, 0.15) is 19.3 Å². The van der Waals surface area contributed by atoms with Gasteiger partial charge in [0, 0.05) is 5.02 Å². The monoisotopic (exact) mass is 423 g/mol. The molecule has 2 aliphatic rings. The zero-order valence-electron chi connectivity index (χ0n) is 13.5. The minimum atomic E-state index is 0. The van der Waals surface area contributed by atoms with E-state index in [-0.39, 0.29) is 22.4 Å². The Bertz CT molecular complexity index is 531. The summed E-state index contributed by atoms with van der Waals surface area (Å²) in [5, 5.41) is 1.20. The molecule has 0 bridgehead atoms. The number of quaternary nitrogens is 1. The molecule has 3 rings (SSSR count). The SMILES string of the molecule is C[N+]1(CC2(COc3ccc(Cl)cc3Cl)COC2)CCCCC1.[Br-]. The number of nitrogens with zero attached hydrogens (tertiary/aromatic N) is 1. The molecule has 0 N–H and O–H groups in total. The van der Waals surface area contributed by atoms with Gasteiger partial charge in [0.2, 0.25) is 0 Å². The third kappa shape index (κ3) is 4.76. The summed E-state index contributed by atoms with van der Waals surface area (Å²) < 4.78 is 12.7. The molecule has 1 aromatic carbocycles. The van der Waals surface area contributed by atoms with Gasteiger partial charge in [-0.2, -0.15) is 0 Å². The van der Waals surface area contributed by atoms with Gasteiger partial charge < -0.3 is 30.9 Å². The maximum absolute atomic E-state index is 6.19. The van der Waals surface area contributed by atoms with Gasteiger partial charge in [0.15, 0.2) is 0 Å². The van der Waals surface area contributed by atoms with Gasteiger partial charge in [0.05, 0.1) is 50.3 Å². The third-order valence-corrected chi connectivity index (χ3v) is 5.39. The van der Waals surface area contributed by atoms with Gasteiger partial charge in [-0.05, 0) is 37.5 Å². The Balaban J connectivity index is 0.00000192. The summed E-state index contributed by atoms with van der Waals surface area (Å²) in [7, 11) is 2.37. The highest BCUT2D eigenvalue weighted by atomic mass is 79.9. The Hall–Kier alpha value is -0.000000000000000111. The van der Waals surface area contributed by atoms with Crippen molar-refractivity contribution in [1.82, 2.24) is 0 Å². The number of ether oxygens (including phenoxy) is 2. The highest BCUT2D eigenvalue weighted by molar-refractivity contribution is 6.35. The van der Waals surface area contributed by atoms with Crippen LogP contribution in [0, 0.1) is 5.41 Å². The van der Waals surface area contributed by atoms with E-state index < -0.39 is 0 Å². The lowest BCUT2D eigenvalue weighted by atomic mass is 9.84. The Morgan fingerprint density at radius 3 is 2.43 bits per heavy atom. The van der Waals surface area contributed by atoms with E-state index >= 15 is 0 Å². The third-order valence-electron chi connectivity index (χ3n) is 4.86. The Morgan fingerprint density at radius 2 is 1.87 bits per heavy atom. The zero-order valence-corrected chi connectivity index (χ0v) is 16.6. The van der Waals surface area contributed by atoms with E-state index in [1.54, 1.807) is 6.07 Å². The summed E-state index contributed by atoms with van der Waals surface area (Å²) in [4.78, 5) is 0. The van der Waals surface area contributed by atoms with Gasteiger partial charge in [-0.1, -0.05) is 23.2 Å². The van der Waals surface area contributed by atoms with Crippen LogP contribution in [0.5, 0.6) is 5.75 Å². The predicted octanol–water partition coefficient (Wildman–Crippen LogP) is 1.02. The van der Waals surface area contributed by atoms with E-state index in [1.165, 1.54) is 32.4 Å². The van der Waals surface area contributed by atoms with Crippen molar-refractivity contribution in [2.45, 2.75) is 19.3 Å². The molecule has 2 aliphatic heterocycles. The maximum Gasteiger partial charge on any atom is 0.138 e. The topological polar surface area (TPSA) is 18.5 Å². The molecule has 0 amide bonds. The van der Waals surface area contributed by atoms with Gasteiger partial charge in [-0.25, -0.2) is 0 Å². The molecular weight excluding hydrogens is 401 g/mol. The molecule has 2 heterocycles. The van der Waals surface area contributed by atoms with Crippen LogP contribution in [0.2, 0.25) is 10.0 Å². The Kier molecular flexibility index (Phi) is 6.66. The van der Waals surface area contributed by atoms with Gasteiger partial charge in [0.1, 0.15) is 12.4 Å². The second-order valence-electron chi connectivity index (χ2n) is 7.14. The molecule has 0 saturated carbocycles. The number of halogens is 3. The van der Waals surface area contributed by atoms with E-state index in [4.69, 9.17) is 32.7 Å². The summed E-state index contributed by atoms with van der Waals surface area (Å²) in [6.07, 6.45) is 4.03. The van der Waals surface area contributed by atoms with Crippen LogP contribution in [0.25, 0.3) is 0 Å². The van der Waals surface area contributed by atoms with Crippen molar-refractivity contribution in [3.63, 3.8) is 0 Å². The van der Waals surface area contributed by atoms with Crippen LogP contribution in [0.4, 0.5) is 0 Å². The van der Waals surface area contributed by atoms with E-state index in [1.807, 2.05) is 12.1 Å². The smallest absolute Gasteiger partial charge is 0.138 e. The minimum Gasteiger partial charge on any atom is -1.00 e. The van der Waals surface area contributed by atoms with Crippen molar-refractivity contribution in [3.8, 4) is 5.75 Å². The highest BCUT2D eigenvalue weighted by Gasteiger charge is 2.46. The van der Waals surface area contributed by atoms with Crippen molar-refractivity contribution in [1.29, 1.82) is 0 Å². The molecule has 6 heteroatoms. The van der Waals surface area contributed by atoms with Gasteiger partial charge in [0.25, 0.3) is 0 Å². The van der Waals surface area contributed by atoms with Crippen LogP contribution in [0.3, 0.4) is 0 Å². The number of benzene rings is 1. The standard InChI is InChI=1S/C17H24Cl2NO2.BrH/c1-20(7-3-2-4-8-20)10-17(11-21-12-17)13-22-16-6-5-14(18)9-15(16)19;/h5-6,9H,2-4,7-8,10-13H2,1H3;1H/q+1;/p-1. The van der Waals surface area contributed by atoms with Crippen LogP contribution in [-0.4, -0.2) is 51.0 Å². The highest BCUT2D eigenvalue weighted by Crippen LogP contribution is 2.35. The van der Waals surface area contributed by atoms with Crippen molar-refractivity contribution >= 4 is 23.2 Å². The molecule has 130 valence electrons. The largest absolute Gasteiger partial charge is 1.00 e. The maximum atomic E-state index is 6.19. The first-order chi connectivity index (χ1) is 10.5. The lowest BCUT2D eigenvalue weighted by Gasteiger charge is -2.48. The summed E-state index contributed by atoms with van der Waals surface area (Å²) in [5.41, 5.74) is 0.120. The second-order valence-corrected chi connectivity index (χ2v) is 7.99. The number of hydrogen-bond acceptors (Lipinski definition) is 2. The quantitative estimate of drug-likeness (QED) is 0.657. The summed E-state index contributed by atoms with van der Waals surface area (Å²) in [6, 6.07) is 5.38. The van der Waals surface area contributed by atoms with Crippen LogP contribution in [0.15, 0.2) is 18.2 Å².